The summed E-state index contributed by atoms with van der Waals surface area (Å²) in [4.78, 5) is 29.1. The van der Waals surface area contributed by atoms with Gasteiger partial charge in [-0.3, -0.25) is 9.59 Å². The maximum Gasteiger partial charge on any atom is 0.251 e. The van der Waals surface area contributed by atoms with E-state index in [-0.39, 0.29) is 23.8 Å². The molecule has 1 unspecified atom stereocenters. The van der Waals surface area contributed by atoms with Gasteiger partial charge in [0.05, 0.1) is 12.6 Å². The second-order valence-electron chi connectivity index (χ2n) is 8.46. The highest BCUT2D eigenvalue weighted by Gasteiger charge is 2.29. The number of carbonyl (C=O) groups excluding carboxylic acids is 2. The van der Waals surface area contributed by atoms with E-state index in [1.165, 1.54) is 0 Å². The van der Waals surface area contributed by atoms with Gasteiger partial charge in [-0.1, -0.05) is 18.2 Å². The van der Waals surface area contributed by atoms with Gasteiger partial charge in [0.2, 0.25) is 5.91 Å². The monoisotopic (exact) mass is 415 g/mol. The molecule has 2 fully saturated rings. The number of fused-ring (bicyclic) bond motifs is 1. The summed E-state index contributed by atoms with van der Waals surface area (Å²) in [6.45, 7) is 3.31. The average Bonchev–Trinajstić information content (AvgIpc) is 3.51. The lowest BCUT2D eigenvalue weighted by molar-refractivity contribution is -0.117. The third-order valence-electron chi connectivity index (χ3n) is 6.00. The number of aryl methyl sites for hydroxylation is 1. The SMILES string of the molecule is Cc1ccc(C(=O)NC2CCOC2)cc1-c1ccc2cc(NC(=O)C3CC3)ncc2c1. The molecule has 0 spiro atoms. The van der Waals surface area contributed by atoms with E-state index < -0.39 is 0 Å². The predicted octanol–water partition coefficient (Wildman–Crippen LogP) is 4.08. The van der Waals surface area contributed by atoms with E-state index in [1.54, 1.807) is 6.20 Å². The predicted molar refractivity (Wildman–Crippen MR) is 120 cm³/mol. The van der Waals surface area contributed by atoms with Crippen LogP contribution in [0.15, 0.2) is 48.7 Å². The van der Waals surface area contributed by atoms with Crippen molar-refractivity contribution in [3.8, 4) is 11.1 Å². The number of aromatic nitrogens is 1. The van der Waals surface area contributed by atoms with Crippen LogP contribution in [0.1, 0.15) is 35.2 Å². The van der Waals surface area contributed by atoms with Crippen LogP contribution in [0, 0.1) is 12.8 Å². The minimum absolute atomic E-state index is 0.0540. The molecule has 1 atom stereocenters. The molecule has 2 heterocycles. The van der Waals surface area contributed by atoms with E-state index >= 15 is 0 Å². The molecule has 0 bridgehead atoms. The van der Waals surface area contributed by atoms with Gasteiger partial charge in [0.25, 0.3) is 5.91 Å². The molecule has 2 N–H and O–H groups in total. The molecule has 2 amide bonds. The first-order valence-corrected chi connectivity index (χ1v) is 10.8. The van der Waals surface area contributed by atoms with Gasteiger partial charge >= 0.3 is 0 Å². The first kappa shape index (κ1) is 19.7. The molecule has 2 aromatic carbocycles. The zero-order valence-electron chi connectivity index (χ0n) is 17.5. The number of anilines is 1. The van der Waals surface area contributed by atoms with Gasteiger partial charge in [-0.15, -0.1) is 0 Å². The van der Waals surface area contributed by atoms with E-state index in [0.29, 0.717) is 24.6 Å². The van der Waals surface area contributed by atoms with Crippen molar-refractivity contribution in [2.24, 2.45) is 5.92 Å². The van der Waals surface area contributed by atoms with Crippen LogP contribution in [0.3, 0.4) is 0 Å². The zero-order chi connectivity index (χ0) is 21.4. The number of carbonyl (C=O) groups is 2. The van der Waals surface area contributed by atoms with Gasteiger partial charge in [0, 0.05) is 29.7 Å². The summed E-state index contributed by atoms with van der Waals surface area (Å²) in [5.41, 5.74) is 3.79. The van der Waals surface area contributed by atoms with E-state index in [0.717, 1.165) is 46.7 Å². The van der Waals surface area contributed by atoms with Gasteiger partial charge < -0.3 is 15.4 Å². The fraction of sp³-hybridized carbons (Fsp3) is 0.320. The maximum absolute atomic E-state index is 12.7. The van der Waals surface area contributed by atoms with Crippen molar-refractivity contribution < 1.29 is 14.3 Å². The number of pyridine rings is 1. The average molecular weight is 415 g/mol. The molecule has 1 saturated carbocycles. The molecular weight excluding hydrogens is 390 g/mol. The lowest BCUT2D eigenvalue weighted by atomic mass is 9.96. The van der Waals surface area contributed by atoms with Crippen molar-refractivity contribution in [1.29, 1.82) is 0 Å². The molecule has 158 valence electrons. The highest BCUT2D eigenvalue weighted by atomic mass is 16.5. The maximum atomic E-state index is 12.7. The Kier molecular flexibility index (Phi) is 5.16. The van der Waals surface area contributed by atoms with Crippen molar-refractivity contribution in [3.63, 3.8) is 0 Å². The molecule has 6 nitrogen and oxygen atoms in total. The standard InChI is InChI=1S/C25H25N3O3/c1-15-2-3-19(25(30)27-21-8-9-31-14-21)11-22(15)18-7-6-17-12-23(26-13-20(17)10-18)28-24(29)16-4-5-16/h2-3,6-7,10-13,16,21H,4-5,8-9,14H2,1H3,(H,27,30)(H,26,28,29). The molecule has 1 aliphatic heterocycles. The largest absolute Gasteiger partial charge is 0.379 e. The third kappa shape index (κ3) is 4.30. The van der Waals surface area contributed by atoms with Crippen molar-refractivity contribution in [1.82, 2.24) is 10.3 Å². The summed E-state index contributed by atoms with van der Waals surface area (Å²) in [5.74, 6) is 0.713. The van der Waals surface area contributed by atoms with Crippen LogP contribution >= 0.6 is 0 Å². The normalized spacial score (nSPS) is 18.2. The number of nitrogens with one attached hydrogen (secondary N) is 2. The van der Waals surface area contributed by atoms with E-state index in [4.69, 9.17) is 4.74 Å². The first-order chi connectivity index (χ1) is 15.1. The number of hydrogen-bond acceptors (Lipinski definition) is 4. The fourth-order valence-electron chi connectivity index (χ4n) is 3.94. The second kappa shape index (κ2) is 8.12. The van der Waals surface area contributed by atoms with Gasteiger partial charge in [-0.05, 0) is 72.5 Å². The fourth-order valence-corrected chi connectivity index (χ4v) is 3.94. The van der Waals surface area contributed by atoms with Crippen LogP contribution in [0.4, 0.5) is 5.82 Å². The Hall–Kier alpha value is -3.25. The van der Waals surface area contributed by atoms with Crippen molar-refractivity contribution >= 4 is 28.4 Å². The van der Waals surface area contributed by atoms with Crippen LogP contribution in [0.25, 0.3) is 21.9 Å². The Morgan fingerprint density at radius 2 is 1.90 bits per heavy atom. The van der Waals surface area contributed by atoms with Crippen molar-refractivity contribution in [2.75, 3.05) is 18.5 Å². The number of rotatable bonds is 5. The Labute approximate surface area is 181 Å². The minimum Gasteiger partial charge on any atom is -0.379 e. The summed E-state index contributed by atoms with van der Waals surface area (Å²) >= 11 is 0. The summed E-state index contributed by atoms with van der Waals surface area (Å²) in [7, 11) is 0. The number of ether oxygens (including phenoxy) is 1. The Bertz CT molecular complexity index is 1160. The highest BCUT2D eigenvalue weighted by Crippen LogP contribution is 2.31. The molecule has 3 aromatic rings. The van der Waals surface area contributed by atoms with Gasteiger partial charge in [-0.25, -0.2) is 4.98 Å². The number of hydrogen-bond donors (Lipinski definition) is 2. The third-order valence-corrected chi connectivity index (χ3v) is 6.00. The molecule has 0 radical (unpaired) electrons. The number of amides is 2. The van der Waals surface area contributed by atoms with Crippen LogP contribution in [-0.2, 0) is 9.53 Å². The summed E-state index contributed by atoms with van der Waals surface area (Å²) < 4.78 is 5.35. The molecule has 5 rings (SSSR count). The molecule has 1 aromatic heterocycles. The van der Waals surface area contributed by atoms with Crippen molar-refractivity contribution in [3.05, 3.63) is 59.8 Å². The van der Waals surface area contributed by atoms with E-state index in [9.17, 15) is 9.59 Å². The highest BCUT2D eigenvalue weighted by molar-refractivity contribution is 5.98. The quantitative estimate of drug-likeness (QED) is 0.658. The summed E-state index contributed by atoms with van der Waals surface area (Å²) in [6, 6.07) is 13.9. The Morgan fingerprint density at radius 3 is 2.68 bits per heavy atom. The molecular formula is C25H25N3O3. The lowest BCUT2D eigenvalue weighted by Gasteiger charge is -2.13. The Morgan fingerprint density at radius 1 is 1.03 bits per heavy atom. The first-order valence-electron chi connectivity index (χ1n) is 10.8. The number of benzene rings is 2. The van der Waals surface area contributed by atoms with Gasteiger partial charge in [-0.2, -0.15) is 0 Å². The van der Waals surface area contributed by atoms with Crippen molar-refractivity contribution in [2.45, 2.75) is 32.2 Å². The molecule has 1 aliphatic carbocycles. The van der Waals surface area contributed by atoms with E-state index in [2.05, 4.69) is 21.7 Å². The zero-order valence-corrected chi connectivity index (χ0v) is 17.5. The topological polar surface area (TPSA) is 80.3 Å². The van der Waals surface area contributed by atoms with Crippen LogP contribution < -0.4 is 10.6 Å². The molecule has 1 saturated heterocycles. The minimum atomic E-state index is -0.0738. The molecule has 6 heteroatoms. The van der Waals surface area contributed by atoms with Gasteiger partial charge in [0.15, 0.2) is 0 Å². The van der Waals surface area contributed by atoms with Crippen LogP contribution in [0.5, 0.6) is 0 Å². The van der Waals surface area contributed by atoms with Crippen LogP contribution in [-0.4, -0.2) is 36.1 Å². The Balaban J connectivity index is 1.40. The molecule has 2 aliphatic rings. The van der Waals surface area contributed by atoms with E-state index in [1.807, 2.05) is 43.3 Å². The summed E-state index contributed by atoms with van der Waals surface area (Å²) in [6.07, 6.45) is 4.57. The lowest BCUT2D eigenvalue weighted by Crippen LogP contribution is -2.35. The second-order valence-corrected chi connectivity index (χ2v) is 8.46. The number of nitrogens with zero attached hydrogens (tertiary/aromatic N) is 1. The van der Waals surface area contributed by atoms with Crippen LogP contribution in [0.2, 0.25) is 0 Å². The van der Waals surface area contributed by atoms with Gasteiger partial charge in [0.1, 0.15) is 5.82 Å². The smallest absolute Gasteiger partial charge is 0.251 e. The summed E-state index contributed by atoms with van der Waals surface area (Å²) in [5, 5.41) is 7.94. The molecule has 31 heavy (non-hydrogen) atoms.